The quantitative estimate of drug-likeness (QED) is 0.272. The van der Waals surface area contributed by atoms with Crippen LogP contribution in [0.2, 0.25) is 5.02 Å². The SMILES string of the molecule is C=CCn1c(COc2ccc(Cl)cc2)nnc1SCC(=O)Nc1ccc(C(C)=O)cc1. The Labute approximate surface area is 189 Å². The van der Waals surface area contributed by atoms with Gasteiger partial charge in [-0.3, -0.25) is 14.2 Å². The Morgan fingerprint density at radius 2 is 1.87 bits per heavy atom. The minimum absolute atomic E-state index is 0.0224. The first kappa shape index (κ1) is 22.6. The second-order valence-electron chi connectivity index (χ2n) is 6.51. The van der Waals surface area contributed by atoms with Crippen LogP contribution in [0.25, 0.3) is 0 Å². The number of nitrogens with one attached hydrogen (secondary N) is 1. The standard InChI is InChI=1S/C22H21ClN4O3S/c1-3-12-27-20(13-30-19-10-6-17(23)7-11-19)25-26-22(27)31-14-21(29)24-18-8-4-16(5-9-18)15(2)28/h3-11H,1,12-14H2,2H3,(H,24,29). The number of rotatable bonds is 10. The molecule has 0 saturated heterocycles. The van der Waals surface area contributed by atoms with Crippen molar-refractivity contribution in [2.75, 3.05) is 11.1 Å². The lowest BCUT2D eigenvalue weighted by molar-refractivity contribution is -0.113. The van der Waals surface area contributed by atoms with Crippen LogP contribution in [0, 0.1) is 0 Å². The van der Waals surface area contributed by atoms with Crippen LogP contribution < -0.4 is 10.1 Å². The van der Waals surface area contributed by atoms with Gasteiger partial charge in [-0.1, -0.05) is 29.4 Å². The molecular formula is C22H21ClN4O3S. The molecule has 9 heteroatoms. The molecule has 2 aromatic carbocycles. The fraction of sp³-hybridized carbons (Fsp3) is 0.182. The number of carbonyl (C=O) groups is 2. The fourth-order valence-corrected chi connectivity index (χ4v) is 3.53. The molecule has 0 unspecified atom stereocenters. The molecule has 0 atom stereocenters. The number of amides is 1. The van der Waals surface area contributed by atoms with Crippen molar-refractivity contribution in [3.05, 3.63) is 77.6 Å². The van der Waals surface area contributed by atoms with Crippen molar-refractivity contribution in [3.8, 4) is 5.75 Å². The zero-order valence-corrected chi connectivity index (χ0v) is 18.4. The van der Waals surface area contributed by atoms with E-state index in [4.69, 9.17) is 16.3 Å². The Balaban J connectivity index is 1.58. The first-order chi connectivity index (χ1) is 15.0. The molecule has 1 N–H and O–H groups in total. The maximum Gasteiger partial charge on any atom is 0.234 e. The van der Waals surface area contributed by atoms with Crippen molar-refractivity contribution in [3.63, 3.8) is 0 Å². The van der Waals surface area contributed by atoms with E-state index < -0.39 is 0 Å². The highest BCUT2D eigenvalue weighted by atomic mass is 35.5. The summed E-state index contributed by atoms with van der Waals surface area (Å²) in [4.78, 5) is 23.6. The van der Waals surface area contributed by atoms with E-state index in [-0.39, 0.29) is 24.1 Å². The van der Waals surface area contributed by atoms with Crippen molar-refractivity contribution in [2.24, 2.45) is 0 Å². The maximum absolute atomic E-state index is 12.3. The van der Waals surface area contributed by atoms with Gasteiger partial charge in [0.25, 0.3) is 0 Å². The molecule has 31 heavy (non-hydrogen) atoms. The zero-order chi connectivity index (χ0) is 22.2. The molecule has 0 aliphatic carbocycles. The number of Topliss-reactive ketones (excluding diaryl/α,β-unsaturated/α-hetero) is 1. The van der Waals surface area contributed by atoms with Crippen LogP contribution in [0.15, 0.2) is 66.3 Å². The van der Waals surface area contributed by atoms with Gasteiger partial charge < -0.3 is 10.1 Å². The van der Waals surface area contributed by atoms with Gasteiger partial charge in [-0.25, -0.2) is 0 Å². The van der Waals surface area contributed by atoms with Gasteiger partial charge in [-0.05, 0) is 55.5 Å². The number of aromatic nitrogens is 3. The highest BCUT2D eigenvalue weighted by Gasteiger charge is 2.14. The highest BCUT2D eigenvalue weighted by molar-refractivity contribution is 7.99. The van der Waals surface area contributed by atoms with E-state index in [1.165, 1.54) is 18.7 Å². The first-order valence-corrected chi connectivity index (χ1v) is 10.8. The van der Waals surface area contributed by atoms with Gasteiger partial charge in [0.15, 0.2) is 16.8 Å². The largest absolute Gasteiger partial charge is 0.486 e. The second-order valence-corrected chi connectivity index (χ2v) is 7.89. The van der Waals surface area contributed by atoms with Crippen LogP contribution in [0.5, 0.6) is 5.75 Å². The van der Waals surface area contributed by atoms with E-state index >= 15 is 0 Å². The van der Waals surface area contributed by atoms with Crippen LogP contribution in [0.3, 0.4) is 0 Å². The molecule has 0 saturated carbocycles. The van der Waals surface area contributed by atoms with Gasteiger partial charge in [0.2, 0.25) is 5.91 Å². The molecule has 160 valence electrons. The topological polar surface area (TPSA) is 86.1 Å². The summed E-state index contributed by atoms with van der Waals surface area (Å²) in [6.45, 7) is 5.98. The number of benzene rings is 2. The van der Waals surface area contributed by atoms with Crippen molar-refractivity contribution in [1.82, 2.24) is 14.8 Å². The smallest absolute Gasteiger partial charge is 0.234 e. The van der Waals surface area contributed by atoms with E-state index in [2.05, 4.69) is 22.1 Å². The fourth-order valence-electron chi connectivity index (χ4n) is 2.64. The van der Waals surface area contributed by atoms with Crippen LogP contribution in [0.1, 0.15) is 23.1 Å². The second kappa shape index (κ2) is 10.8. The number of halogens is 1. The van der Waals surface area contributed by atoms with Crippen LogP contribution in [-0.4, -0.2) is 32.2 Å². The maximum atomic E-state index is 12.3. The molecule has 0 fully saturated rings. The lowest BCUT2D eigenvalue weighted by Gasteiger charge is -2.09. The monoisotopic (exact) mass is 456 g/mol. The van der Waals surface area contributed by atoms with Gasteiger partial charge in [0.05, 0.1) is 5.75 Å². The number of nitrogens with zero attached hydrogens (tertiary/aromatic N) is 3. The Morgan fingerprint density at radius 3 is 2.52 bits per heavy atom. The molecule has 1 heterocycles. The van der Waals surface area contributed by atoms with E-state index in [9.17, 15) is 9.59 Å². The van der Waals surface area contributed by atoms with Crippen molar-refractivity contribution >= 4 is 40.7 Å². The van der Waals surface area contributed by atoms with Gasteiger partial charge in [0.1, 0.15) is 12.4 Å². The third-order valence-electron chi connectivity index (χ3n) is 4.19. The van der Waals surface area contributed by atoms with Crippen molar-refractivity contribution < 1.29 is 14.3 Å². The Hall–Kier alpha value is -3.10. The number of thioether (sulfide) groups is 1. The highest BCUT2D eigenvalue weighted by Crippen LogP contribution is 2.20. The van der Waals surface area contributed by atoms with Gasteiger partial charge in [-0.15, -0.1) is 16.8 Å². The predicted octanol–water partition coefficient (Wildman–Crippen LogP) is 4.63. The molecule has 1 aromatic heterocycles. The molecule has 3 aromatic rings. The number of anilines is 1. The molecule has 1 amide bonds. The zero-order valence-electron chi connectivity index (χ0n) is 16.9. The molecule has 0 aliphatic heterocycles. The predicted molar refractivity (Wildman–Crippen MR) is 122 cm³/mol. The summed E-state index contributed by atoms with van der Waals surface area (Å²) < 4.78 is 7.60. The van der Waals surface area contributed by atoms with E-state index in [1.54, 1.807) is 54.6 Å². The summed E-state index contributed by atoms with van der Waals surface area (Å²) in [5, 5.41) is 12.4. The average Bonchev–Trinajstić information content (AvgIpc) is 3.14. The van der Waals surface area contributed by atoms with E-state index in [1.807, 2.05) is 4.57 Å². The average molecular weight is 457 g/mol. The third kappa shape index (κ3) is 6.44. The normalized spacial score (nSPS) is 10.5. The Bertz CT molecular complexity index is 1070. The summed E-state index contributed by atoms with van der Waals surface area (Å²) >= 11 is 7.16. The number of carbonyl (C=O) groups excluding carboxylic acids is 2. The molecule has 7 nitrogen and oxygen atoms in total. The van der Waals surface area contributed by atoms with E-state index in [0.717, 1.165) is 0 Å². The van der Waals surface area contributed by atoms with E-state index in [0.29, 0.717) is 39.5 Å². The van der Waals surface area contributed by atoms with Gasteiger partial charge in [0, 0.05) is 22.8 Å². The molecule has 0 radical (unpaired) electrons. The first-order valence-electron chi connectivity index (χ1n) is 9.41. The van der Waals surface area contributed by atoms with Crippen LogP contribution in [0.4, 0.5) is 5.69 Å². The van der Waals surface area contributed by atoms with Crippen LogP contribution >= 0.6 is 23.4 Å². The summed E-state index contributed by atoms with van der Waals surface area (Å²) in [7, 11) is 0. The van der Waals surface area contributed by atoms with Crippen molar-refractivity contribution in [2.45, 2.75) is 25.2 Å². The lowest BCUT2D eigenvalue weighted by Crippen LogP contribution is -2.15. The molecule has 0 spiro atoms. The number of hydrogen-bond donors (Lipinski definition) is 1. The van der Waals surface area contributed by atoms with Gasteiger partial charge >= 0.3 is 0 Å². The number of ketones is 1. The minimum Gasteiger partial charge on any atom is -0.486 e. The summed E-state index contributed by atoms with van der Waals surface area (Å²) in [5.74, 6) is 1.24. The summed E-state index contributed by atoms with van der Waals surface area (Å²) in [5.41, 5.74) is 1.22. The number of allylic oxidation sites excluding steroid dienone is 1. The van der Waals surface area contributed by atoms with Crippen molar-refractivity contribution in [1.29, 1.82) is 0 Å². The molecule has 0 bridgehead atoms. The Kier molecular flexibility index (Phi) is 7.86. The van der Waals surface area contributed by atoms with Crippen LogP contribution in [-0.2, 0) is 17.9 Å². The molecule has 3 rings (SSSR count). The number of ether oxygens (including phenoxy) is 1. The summed E-state index contributed by atoms with van der Waals surface area (Å²) in [6.07, 6.45) is 1.73. The lowest BCUT2D eigenvalue weighted by atomic mass is 10.1. The molecular weight excluding hydrogens is 436 g/mol. The number of hydrogen-bond acceptors (Lipinski definition) is 6. The Morgan fingerprint density at radius 1 is 1.16 bits per heavy atom. The van der Waals surface area contributed by atoms with Gasteiger partial charge in [-0.2, -0.15) is 0 Å². The third-order valence-corrected chi connectivity index (χ3v) is 5.41. The molecule has 0 aliphatic rings. The minimum atomic E-state index is -0.187. The summed E-state index contributed by atoms with van der Waals surface area (Å²) in [6, 6.07) is 13.8.